The van der Waals surface area contributed by atoms with Crippen molar-refractivity contribution in [2.45, 2.75) is 13.0 Å². The zero-order valence-corrected chi connectivity index (χ0v) is 16.1. The number of halogens is 1. The molecule has 1 amide bonds. The highest BCUT2D eigenvalue weighted by Gasteiger charge is 2.19. The normalized spacial score (nSPS) is 11.9. The van der Waals surface area contributed by atoms with E-state index in [0.29, 0.717) is 11.3 Å². The van der Waals surface area contributed by atoms with Crippen LogP contribution in [0.1, 0.15) is 6.92 Å². The molecule has 4 aromatic rings. The maximum Gasteiger partial charge on any atom is 0.344 e. The first-order valence-electron chi connectivity index (χ1n) is 9.30. The van der Waals surface area contributed by atoms with Crippen molar-refractivity contribution in [3.8, 4) is 5.75 Å². The summed E-state index contributed by atoms with van der Waals surface area (Å²) in [7, 11) is 0. The predicted octanol–water partition coefficient (Wildman–Crippen LogP) is 4.67. The molecule has 30 heavy (non-hydrogen) atoms. The number of amides is 1. The summed E-state index contributed by atoms with van der Waals surface area (Å²) in [4.78, 5) is 24.2. The van der Waals surface area contributed by atoms with E-state index in [1.807, 2.05) is 24.3 Å². The number of anilines is 1. The number of furan rings is 1. The van der Waals surface area contributed by atoms with Gasteiger partial charge >= 0.3 is 5.97 Å². The van der Waals surface area contributed by atoms with Crippen molar-refractivity contribution in [1.82, 2.24) is 0 Å². The monoisotopic (exact) mass is 407 g/mol. The van der Waals surface area contributed by atoms with Crippen molar-refractivity contribution >= 4 is 39.5 Å². The minimum atomic E-state index is -1.11. The molecule has 7 heteroatoms. The Bertz CT molecular complexity index is 1230. The van der Waals surface area contributed by atoms with Crippen LogP contribution >= 0.6 is 0 Å². The second kappa shape index (κ2) is 8.24. The highest BCUT2D eigenvalue weighted by molar-refractivity contribution is 6.05. The third-order valence-corrected chi connectivity index (χ3v) is 4.51. The SMILES string of the molecule is CC(OC(=O)COc1ccc2oc3ccccc3c2c1)C(=O)Nc1ccccc1F. The van der Waals surface area contributed by atoms with Gasteiger partial charge in [-0.15, -0.1) is 0 Å². The molecule has 0 fully saturated rings. The molecule has 1 atom stereocenters. The second-order valence-electron chi connectivity index (χ2n) is 6.65. The third-order valence-electron chi connectivity index (χ3n) is 4.51. The van der Waals surface area contributed by atoms with Gasteiger partial charge in [-0.1, -0.05) is 30.3 Å². The number of carbonyl (C=O) groups is 2. The standard InChI is InChI=1S/C23H18FNO5/c1-14(23(27)25-19-8-4-3-7-18(19)24)29-22(26)13-28-15-10-11-21-17(12-15)16-6-2-5-9-20(16)30-21/h2-12,14H,13H2,1H3,(H,25,27). The lowest BCUT2D eigenvalue weighted by atomic mass is 10.1. The van der Waals surface area contributed by atoms with E-state index in [1.54, 1.807) is 24.3 Å². The van der Waals surface area contributed by atoms with Crippen LogP contribution in [0.3, 0.4) is 0 Å². The number of ether oxygens (including phenoxy) is 2. The summed E-state index contributed by atoms with van der Waals surface area (Å²) in [6.45, 7) is 1.02. The smallest absolute Gasteiger partial charge is 0.344 e. The highest BCUT2D eigenvalue weighted by atomic mass is 19.1. The topological polar surface area (TPSA) is 77.8 Å². The number of benzene rings is 3. The zero-order valence-electron chi connectivity index (χ0n) is 16.1. The van der Waals surface area contributed by atoms with Crippen molar-refractivity contribution < 1.29 is 27.9 Å². The Balaban J connectivity index is 1.35. The summed E-state index contributed by atoms with van der Waals surface area (Å²) in [5, 5.41) is 4.19. The lowest BCUT2D eigenvalue weighted by Crippen LogP contribution is -2.31. The molecule has 0 aliphatic rings. The molecule has 0 spiro atoms. The van der Waals surface area contributed by atoms with Gasteiger partial charge in [-0.25, -0.2) is 9.18 Å². The number of esters is 1. The Morgan fingerprint density at radius 3 is 2.57 bits per heavy atom. The van der Waals surface area contributed by atoms with Crippen LogP contribution in [-0.4, -0.2) is 24.6 Å². The van der Waals surface area contributed by atoms with Crippen molar-refractivity contribution in [2.75, 3.05) is 11.9 Å². The fourth-order valence-corrected chi connectivity index (χ4v) is 3.02. The van der Waals surface area contributed by atoms with Crippen LogP contribution in [0.5, 0.6) is 5.75 Å². The molecule has 0 radical (unpaired) electrons. The number of hydrogen-bond acceptors (Lipinski definition) is 5. The molecule has 4 rings (SSSR count). The maximum atomic E-state index is 13.6. The number of nitrogens with one attached hydrogen (secondary N) is 1. The Kier molecular flexibility index (Phi) is 5.34. The highest BCUT2D eigenvalue weighted by Crippen LogP contribution is 2.31. The molecule has 1 unspecified atom stereocenters. The molecule has 0 aliphatic heterocycles. The Morgan fingerprint density at radius 2 is 1.73 bits per heavy atom. The predicted molar refractivity (Wildman–Crippen MR) is 110 cm³/mol. The lowest BCUT2D eigenvalue weighted by molar-refractivity contribution is -0.155. The molecular weight excluding hydrogens is 389 g/mol. The number of carbonyl (C=O) groups excluding carboxylic acids is 2. The molecule has 0 saturated heterocycles. The van der Waals surface area contributed by atoms with E-state index < -0.39 is 23.8 Å². The van der Waals surface area contributed by atoms with Gasteiger partial charge in [-0.3, -0.25) is 4.79 Å². The lowest BCUT2D eigenvalue weighted by Gasteiger charge is -2.14. The molecular formula is C23H18FNO5. The quantitative estimate of drug-likeness (QED) is 0.470. The first-order valence-corrected chi connectivity index (χ1v) is 9.30. The molecule has 0 bridgehead atoms. The summed E-state index contributed by atoms with van der Waals surface area (Å²) in [6.07, 6.45) is -1.11. The van der Waals surface area contributed by atoms with Gasteiger partial charge in [0.25, 0.3) is 5.91 Å². The van der Waals surface area contributed by atoms with Gasteiger partial charge in [0.15, 0.2) is 12.7 Å². The van der Waals surface area contributed by atoms with Gasteiger partial charge in [0, 0.05) is 10.8 Å². The molecule has 6 nitrogen and oxygen atoms in total. The van der Waals surface area contributed by atoms with E-state index in [0.717, 1.165) is 16.4 Å². The zero-order chi connectivity index (χ0) is 21.1. The summed E-state index contributed by atoms with van der Waals surface area (Å²) < 4.78 is 29.9. The molecule has 0 aliphatic carbocycles. The van der Waals surface area contributed by atoms with Crippen LogP contribution in [-0.2, 0) is 14.3 Å². The number of fused-ring (bicyclic) bond motifs is 3. The van der Waals surface area contributed by atoms with E-state index in [9.17, 15) is 14.0 Å². The minimum absolute atomic E-state index is 0.0160. The number of rotatable bonds is 6. The van der Waals surface area contributed by atoms with E-state index in [-0.39, 0.29) is 12.3 Å². The average Bonchev–Trinajstić information content (AvgIpc) is 3.12. The minimum Gasteiger partial charge on any atom is -0.482 e. The maximum absolute atomic E-state index is 13.6. The summed E-state index contributed by atoms with van der Waals surface area (Å²) >= 11 is 0. The Morgan fingerprint density at radius 1 is 1.00 bits per heavy atom. The molecule has 0 saturated carbocycles. The number of hydrogen-bond donors (Lipinski definition) is 1. The number of para-hydroxylation sites is 2. The third kappa shape index (κ3) is 4.10. The van der Waals surface area contributed by atoms with E-state index >= 15 is 0 Å². The van der Waals surface area contributed by atoms with Crippen LogP contribution in [0, 0.1) is 5.82 Å². The molecule has 1 aromatic heterocycles. The molecule has 1 heterocycles. The largest absolute Gasteiger partial charge is 0.482 e. The Labute approximate surface area is 171 Å². The first-order chi connectivity index (χ1) is 14.5. The fourth-order valence-electron chi connectivity index (χ4n) is 3.02. The van der Waals surface area contributed by atoms with Crippen molar-refractivity contribution in [1.29, 1.82) is 0 Å². The van der Waals surface area contributed by atoms with Crippen LogP contribution in [0.25, 0.3) is 21.9 Å². The first kappa shape index (κ1) is 19.4. The summed E-state index contributed by atoms with van der Waals surface area (Å²) in [6, 6.07) is 18.6. The van der Waals surface area contributed by atoms with Gasteiger partial charge in [-0.2, -0.15) is 0 Å². The van der Waals surface area contributed by atoms with E-state index in [2.05, 4.69) is 5.32 Å². The summed E-state index contributed by atoms with van der Waals surface area (Å²) in [5.41, 5.74) is 1.49. The fraction of sp³-hybridized carbons (Fsp3) is 0.130. The van der Waals surface area contributed by atoms with Crippen LogP contribution in [0.15, 0.2) is 71.1 Å². The van der Waals surface area contributed by atoms with Crippen molar-refractivity contribution in [3.05, 3.63) is 72.5 Å². The van der Waals surface area contributed by atoms with Crippen molar-refractivity contribution in [3.63, 3.8) is 0 Å². The molecule has 152 valence electrons. The van der Waals surface area contributed by atoms with E-state index in [1.165, 1.54) is 25.1 Å². The molecule has 1 N–H and O–H groups in total. The van der Waals surface area contributed by atoms with Gasteiger partial charge in [0.1, 0.15) is 22.7 Å². The van der Waals surface area contributed by atoms with Crippen LogP contribution in [0.2, 0.25) is 0 Å². The van der Waals surface area contributed by atoms with Gasteiger partial charge in [-0.05, 0) is 43.3 Å². The van der Waals surface area contributed by atoms with Gasteiger partial charge < -0.3 is 19.2 Å². The summed E-state index contributed by atoms with van der Waals surface area (Å²) in [5.74, 6) is -1.47. The van der Waals surface area contributed by atoms with Crippen LogP contribution < -0.4 is 10.1 Å². The Hall–Kier alpha value is -3.87. The average molecular weight is 407 g/mol. The van der Waals surface area contributed by atoms with Crippen LogP contribution in [0.4, 0.5) is 10.1 Å². The van der Waals surface area contributed by atoms with Crippen molar-refractivity contribution in [2.24, 2.45) is 0 Å². The molecule has 3 aromatic carbocycles. The van der Waals surface area contributed by atoms with Gasteiger partial charge in [0.05, 0.1) is 5.69 Å². The van der Waals surface area contributed by atoms with Gasteiger partial charge in [0.2, 0.25) is 0 Å². The van der Waals surface area contributed by atoms with E-state index in [4.69, 9.17) is 13.9 Å². The second-order valence-corrected chi connectivity index (χ2v) is 6.65.